The Bertz CT molecular complexity index is 314. The summed E-state index contributed by atoms with van der Waals surface area (Å²) in [7, 11) is 0. The van der Waals surface area contributed by atoms with Gasteiger partial charge in [0, 0.05) is 18.8 Å². The number of rotatable bonds is 4. The van der Waals surface area contributed by atoms with Crippen molar-refractivity contribution in [2.24, 2.45) is 0 Å². The molecular weight excluding hydrogens is 172 g/mol. The van der Waals surface area contributed by atoms with Crippen LogP contribution >= 0.6 is 0 Å². The molecule has 0 spiro atoms. The molecule has 0 fully saturated rings. The third-order valence-electron chi connectivity index (χ3n) is 2.42. The van der Waals surface area contributed by atoms with Crippen molar-refractivity contribution in [3.63, 3.8) is 0 Å². The molecule has 0 radical (unpaired) electrons. The van der Waals surface area contributed by atoms with Gasteiger partial charge in [0.05, 0.1) is 0 Å². The monoisotopic (exact) mass is 190 g/mol. The van der Waals surface area contributed by atoms with Gasteiger partial charge >= 0.3 is 0 Å². The van der Waals surface area contributed by atoms with E-state index in [1.165, 1.54) is 0 Å². The summed E-state index contributed by atoms with van der Waals surface area (Å²) >= 11 is 0. The predicted molar refractivity (Wildman–Crippen MR) is 62.6 cm³/mol. The Hall–Kier alpha value is -1.31. The van der Waals surface area contributed by atoms with Gasteiger partial charge < -0.3 is 4.90 Å². The Morgan fingerprint density at radius 3 is 2.43 bits per heavy atom. The summed E-state index contributed by atoms with van der Waals surface area (Å²) in [6, 6.07) is 4.12. The number of hydrogen-bond acceptors (Lipinski definition) is 2. The second-order valence-electron chi connectivity index (χ2n) is 3.22. The Morgan fingerprint density at radius 1 is 1.36 bits per heavy atom. The van der Waals surface area contributed by atoms with Crippen LogP contribution in [0.25, 0.3) is 6.08 Å². The van der Waals surface area contributed by atoms with Crippen LogP contribution < -0.4 is 4.90 Å². The van der Waals surface area contributed by atoms with Crippen LogP contribution in [-0.2, 0) is 0 Å². The van der Waals surface area contributed by atoms with E-state index in [4.69, 9.17) is 0 Å². The summed E-state index contributed by atoms with van der Waals surface area (Å²) in [5, 5.41) is 0. The fourth-order valence-electron chi connectivity index (χ4n) is 1.50. The lowest BCUT2D eigenvalue weighted by Crippen LogP contribution is -2.23. The highest BCUT2D eigenvalue weighted by Gasteiger charge is 2.04. The molecule has 0 saturated carbocycles. The summed E-state index contributed by atoms with van der Waals surface area (Å²) in [5.74, 6) is 1.05. The fourth-order valence-corrected chi connectivity index (χ4v) is 1.50. The molecule has 1 aromatic rings. The molecule has 1 aromatic heterocycles. The van der Waals surface area contributed by atoms with Gasteiger partial charge in [-0.3, -0.25) is 0 Å². The fraction of sp³-hybridized carbons (Fsp3) is 0.417. The van der Waals surface area contributed by atoms with E-state index in [1.807, 2.05) is 13.0 Å². The van der Waals surface area contributed by atoms with Crippen molar-refractivity contribution in [2.45, 2.75) is 20.8 Å². The number of hydrogen-bond donors (Lipinski definition) is 0. The molecule has 2 heteroatoms. The van der Waals surface area contributed by atoms with E-state index >= 15 is 0 Å². The van der Waals surface area contributed by atoms with Gasteiger partial charge in [0.25, 0.3) is 0 Å². The van der Waals surface area contributed by atoms with E-state index in [-0.39, 0.29) is 0 Å². The van der Waals surface area contributed by atoms with Crippen molar-refractivity contribution < 1.29 is 0 Å². The maximum Gasteiger partial charge on any atom is 0.128 e. The van der Waals surface area contributed by atoms with Crippen LogP contribution in [0.1, 0.15) is 25.1 Å². The first kappa shape index (κ1) is 10.8. The van der Waals surface area contributed by atoms with Gasteiger partial charge in [-0.05, 0) is 38.5 Å². The largest absolute Gasteiger partial charge is 0.357 e. The zero-order chi connectivity index (χ0) is 10.6. The molecule has 0 unspecified atom stereocenters. The summed E-state index contributed by atoms with van der Waals surface area (Å²) < 4.78 is 0. The number of pyridine rings is 1. The maximum atomic E-state index is 4.54. The van der Waals surface area contributed by atoms with E-state index in [0.717, 1.165) is 30.2 Å². The highest BCUT2D eigenvalue weighted by Crippen LogP contribution is 2.15. The molecule has 0 aromatic carbocycles. The SMILES string of the molecule is C=Cc1ccc(N(CC)CC)nc1C. The first-order valence-electron chi connectivity index (χ1n) is 5.08. The van der Waals surface area contributed by atoms with Gasteiger partial charge in [-0.15, -0.1) is 0 Å². The van der Waals surface area contributed by atoms with Crippen LogP contribution in [-0.4, -0.2) is 18.1 Å². The minimum atomic E-state index is 0.996. The molecule has 0 amide bonds. The second-order valence-corrected chi connectivity index (χ2v) is 3.22. The Labute approximate surface area is 86.3 Å². The van der Waals surface area contributed by atoms with Gasteiger partial charge in [-0.1, -0.05) is 12.7 Å². The van der Waals surface area contributed by atoms with E-state index < -0.39 is 0 Å². The predicted octanol–water partition coefficient (Wildman–Crippen LogP) is 2.88. The molecule has 0 aliphatic carbocycles. The first-order valence-corrected chi connectivity index (χ1v) is 5.08. The van der Waals surface area contributed by atoms with Crippen molar-refractivity contribution >= 4 is 11.9 Å². The topological polar surface area (TPSA) is 16.1 Å². The molecule has 0 saturated heterocycles. The molecule has 76 valence electrons. The number of anilines is 1. The Morgan fingerprint density at radius 2 is 2.00 bits per heavy atom. The zero-order valence-electron chi connectivity index (χ0n) is 9.25. The maximum absolute atomic E-state index is 4.54. The van der Waals surface area contributed by atoms with Gasteiger partial charge in [0.1, 0.15) is 5.82 Å². The average molecular weight is 190 g/mol. The number of nitrogens with zero attached hydrogens (tertiary/aromatic N) is 2. The summed E-state index contributed by atoms with van der Waals surface area (Å²) in [6.07, 6.45) is 1.84. The van der Waals surface area contributed by atoms with Gasteiger partial charge in [0.2, 0.25) is 0 Å². The van der Waals surface area contributed by atoms with Crippen molar-refractivity contribution in [1.82, 2.24) is 4.98 Å². The molecule has 0 aliphatic heterocycles. The molecule has 0 atom stereocenters. The van der Waals surface area contributed by atoms with Gasteiger partial charge in [0.15, 0.2) is 0 Å². The lowest BCUT2D eigenvalue weighted by atomic mass is 10.2. The lowest BCUT2D eigenvalue weighted by Gasteiger charge is -2.20. The quantitative estimate of drug-likeness (QED) is 0.725. The molecule has 1 heterocycles. The second kappa shape index (κ2) is 4.80. The number of aromatic nitrogens is 1. The third-order valence-corrected chi connectivity index (χ3v) is 2.42. The number of aryl methyl sites for hydroxylation is 1. The van der Waals surface area contributed by atoms with Crippen molar-refractivity contribution in [1.29, 1.82) is 0 Å². The third kappa shape index (κ3) is 2.13. The van der Waals surface area contributed by atoms with E-state index in [2.05, 4.69) is 42.4 Å². The molecule has 0 bridgehead atoms. The molecular formula is C12H18N2. The van der Waals surface area contributed by atoms with Crippen LogP contribution in [0.4, 0.5) is 5.82 Å². The van der Waals surface area contributed by atoms with Crippen LogP contribution in [0.3, 0.4) is 0 Å². The molecule has 14 heavy (non-hydrogen) atoms. The summed E-state index contributed by atoms with van der Waals surface area (Å²) in [4.78, 5) is 6.78. The minimum Gasteiger partial charge on any atom is -0.357 e. The highest BCUT2D eigenvalue weighted by molar-refractivity contribution is 5.53. The van der Waals surface area contributed by atoms with Crippen molar-refractivity contribution in [3.8, 4) is 0 Å². The smallest absolute Gasteiger partial charge is 0.128 e. The zero-order valence-corrected chi connectivity index (χ0v) is 9.25. The average Bonchev–Trinajstić information content (AvgIpc) is 2.20. The van der Waals surface area contributed by atoms with E-state index in [1.54, 1.807) is 0 Å². The molecule has 2 nitrogen and oxygen atoms in total. The van der Waals surface area contributed by atoms with E-state index in [9.17, 15) is 0 Å². The molecule has 0 aliphatic rings. The molecule has 1 rings (SSSR count). The van der Waals surface area contributed by atoms with Gasteiger partial charge in [-0.2, -0.15) is 0 Å². The lowest BCUT2D eigenvalue weighted by molar-refractivity contribution is 0.842. The summed E-state index contributed by atoms with van der Waals surface area (Å²) in [6.45, 7) is 12.0. The van der Waals surface area contributed by atoms with Crippen LogP contribution in [0.15, 0.2) is 18.7 Å². The van der Waals surface area contributed by atoms with Crippen molar-refractivity contribution in [2.75, 3.05) is 18.0 Å². The standard InChI is InChI=1S/C12H18N2/c1-5-11-8-9-12(13-10(11)4)14(6-2)7-3/h5,8-9H,1,6-7H2,2-4H3. The minimum absolute atomic E-state index is 0.996. The van der Waals surface area contributed by atoms with Crippen LogP contribution in [0, 0.1) is 6.92 Å². The Balaban J connectivity index is 3.00. The first-order chi connectivity index (χ1) is 6.72. The van der Waals surface area contributed by atoms with Crippen LogP contribution in [0.2, 0.25) is 0 Å². The normalized spacial score (nSPS) is 9.93. The summed E-state index contributed by atoms with van der Waals surface area (Å²) in [5.41, 5.74) is 2.16. The Kier molecular flexibility index (Phi) is 3.69. The van der Waals surface area contributed by atoms with Gasteiger partial charge in [-0.25, -0.2) is 4.98 Å². The highest BCUT2D eigenvalue weighted by atomic mass is 15.2. The van der Waals surface area contributed by atoms with Crippen molar-refractivity contribution in [3.05, 3.63) is 30.0 Å². The van der Waals surface area contributed by atoms with Crippen LogP contribution in [0.5, 0.6) is 0 Å². The van der Waals surface area contributed by atoms with E-state index in [0.29, 0.717) is 0 Å². The molecule has 0 N–H and O–H groups in total.